The van der Waals surface area contributed by atoms with Crippen LogP contribution in [0.5, 0.6) is 23.0 Å². The molecule has 0 radical (unpaired) electrons. The minimum atomic E-state index is 0.100. The Morgan fingerprint density at radius 1 is 1.07 bits per heavy atom. The van der Waals surface area contributed by atoms with Crippen molar-refractivity contribution in [1.29, 1.82) is 0 Å². The van der Waals surface area contributed by atoms with E-state index in [-0.39, 0.29) is 5.91 Å². The van der Waals surface area contributed by atoms with Crippen LogP contribution in [-0.2, 0) is 30.6 Å². The van der Waals surface area contributed by atoms with Gasteiger partial charge in [0.1, 0.15) is 11.5 Å². The lowest BCUT2D eigenvalue weighted by Gasteiger charge is -2.21. The van der Waals surface area contributed by atoms with Crippen LogP contribution in [0.1, 0.15) is 28.7 Å². The Morgan fingerprint density at radius 3 is 2.66 bits per heavy atom. The molecule has 2 aliphatic heterocycles. The highest BCUT2D eigenvalue weighted by Gasteiger charge is 2.27. The Morgan fingerprint density at radius 2 is 1.86 bits per heavy atom. The fraction of sp³-hybridized carbons (Fsp3) is 0.435. The third-order valence-corrected chi connectivity index (χ3v) is 5.66. The van der Waals surface area contributed by atoms with Crippen molar-refractivity contribution < 1.29 is 23.7 Å². The summed E-state index contributed by atoms with van der Waals surface area (Å²) in [4.78, 5) is 14.6. The molecule has 0 aliphatic carbocycles. The molecule has 0 N–H and O–H groups in total. The van der Waals surface area contributed by atoms with Crippen LogP contribution in [0.3, 0.4) is 0 Å². The molecule has 0 unspecified atom stereocenters. The van der Waals surface area contributed by atoms with Gasteiger partial charge in [-0.3, -0.25) is 4.79 Å². The SMILES string of the molecule is COc1ccc(CCC(=O)N(C)Cc2c3c(cc4c2OCC4)OCC3)cc1OC. The zero-order valence-electron chi connectivity index (χ0n) is 17.2. The second kappa shape index (κ2) is 8.23. The van der Waals surface area contributed by atoms with Crippen molar-refractivity contribution in [2.24, 2.45) is 0 Å². The Labute approximate surface area is 171 Å². The Balaban J connectivity index is 1.44. The van der Waals surface area contributed by atoms with E-state index in [9.17, 15) is 4.79 Å². The number of aryl methyl sites for hydroxylation is 1. The summed E-state index contributed by atoms with van der Waals surface area (Å²) in [6.45, 7) is 1.93. The molecule has 0 aromatic heterocycles. The van der Waals surface area contributed by atoms with Crippen molar-refractivity contribution in [2.45, 2.75) is 32.2 Å². The average Bonchev–Trinajstić information content (AvgIpc) is 3.40. The summed E-state index contributed by atoms with van der Waals surface area (Å²) in [5.74, 6) is 3.37. The van der Waals surface area contributed by atoms with E-state index in [4.69, 9.17) is 18.9 Å². The first kappa shape index (κ1) is 19.4. The average molecular weight is 397 g/mol. The molecule has 2 aromatic carbocycles. The molecule has 154 valence electrons. The minimum absolute atomic E-state index is 0.100. The van der Waals surface area contributed by atoms with Gasteiger partial charge in [-0.2, -0.15) is 0 Å². The second-order valence-electron chi connectivity index (χ2n) is 7.46. The van der Waals surface area contributed by atoms with Gasteiger partial charge < -0.3 is 23.8 Å². The van der Waals surface area contributed by atoms with Gasteiger partial charge in [-0.15, -0.1) is 0 Å². The number of amides is 1. The quantitative estimate of drug-likeness (QED) is 0.718. The van der Waals surface area contributed by atoms with Gasteiger partial charge in [0.2, 0.25) is 5.91 Å². The van der Waals surface area contributed by atoms with E-state index in [1.54, 1.807) is 19.1 Å². The van der Waals surface area contributed by atoms with Crippen molar-refractivity contribution in [3.05, 3.63) is 46.5 Å². The second-order valence-corrected chi connectivity index (χ2v) is 7.46. The molecule has 6 nitrogen and oxygen atoms in total. The predicted molar refractivity (Wildman–Crippen MR) is 109 cm³/mol. The van der Waals surface area contributed by atoms with Gasteiger partial charge in [0, 0.05) is 49.5 Å². The third kappa shape index (κ3) is 3.84. The number of fused-ring (bicyclic) bond motifs is 2. The molecule has 4 rings (SSSR count). The summed E-state index contributed by atoms with van der Waals surface area (Å²) < 4.78 is 22.3. The van der Waals surface area contributed by atoms with E-state index < -0.39 is 0 Å². The number of methoxy groups -OCH3 is 2. The monoisotopic (exact) mass is 397 g/mol. The predicted octanol–water partition coefficient (Wildman–Crippen LogP) is 3.16. The molecule has 0 saturated carbocycles. The lowest BCUT2D eigenvalue weighted by molar-refractivity contribution is -0.130. The van der Waals surface area contributed by atoms with E-state index in [0.29, 0.717) is 44.1 Å². The van der Waals surface area contributed by atoms with Crippen LogP contribution in [-0.4, -0.2) is 45.3 Å². The summed E-state index contributed by atoms with van der Waals surface area (Å²) in [6.07, 6.45) is 2.85. The first-order chi connectivity index (χ1) is 14.1. The Bertz CT molecular complexity index is 892. The van der Waals surface area contributed by atoms with E-state index in [1.807, 2.05) is 25.2 Å². The summed E-state index contributed by atoms with van der Waals surface area (Å²) in [6, 6.07) is 7.87. The summed E-state index contributed by atoms with van der Waals surface area (Å²) >= 11 is 0. The molecular weight excluding hydrogens is 370 g/mol. The highest BCUT2D eigenvalue weighted by Crippen LogP contribution is 2.41. The zero-order chi connectivity index (χ0) is 20.4. The normalized spacial score (nSPS) is 13.9. The maximum atomic E-state index is 12.8. The first-order valence-electron chi connectivity index (χ1n) is 9.98. The largest absolute Gasteiger partial charge is 0.493 e. The molecule has 6 heteroatoms. The molecule has 29 heavy (non-hydrogen) atoms. The fourth-order valence-corrected chi connectivity index (χ4v) is 4.06. The van der Waals surface area contributed by atoms with E-state index >= 15 is 0 Å². The smallest absolute Gasteiger partial charge is 0.222 e. The minimum Gasteiger partial charge on any atom is -0.493 e. The standard InChI is InChI=1S/C23H27NO5/c1-24(22(25)7-5-15-4-6-19(26-2)21(12-15)27-3)14-18-17-9-11-28-20(17)13-16-8-10-29-23(16)18/h4,6,12-13H,5,7-11,14H2,1-3H3. The molecule has 1 amide bonds. The van der Waals surface area contributed by atoms with Gasteiger partial charge in [-0.1, -0.05) is 6.07 Å². The summed E-state index contributed by atoms with van der Waals surface area (Å²) in [5.41, 5.74) is 4.52. The highest BCUT2D eigenvalue weighted by atomic mass is 16.5. The Kier molecular flexibility index (Phi) is 5.51. The molecule has 0 saturated heterocycles. The number of carbonyl (C=O) groups is 1. The van der Waals surface area contributed by atoms with Crippen LogP contribution in [0, 0.1) is 0 Å². The van der Waals surface area contributed by atoms with Crippen molar-refractivity contribution in [1.82, 2.24) is 4.90 Å². The van der Waals surface area contributed by atoms with Gasteiger partial charge in [0.25, 0.3) is 0 Å². The van der Waals surface area contributed by atoms with Crippen LogP contribution >= 0.6 is 0 Å². The Hall–Kier alpha value is -2.89. The van der Waals surface area contributed by atoms with Gasteiger partial charge in [0.05, 0.1) is 27.4 Å². The number of hydrogen-bond donors (Lipinski definition) is 0. The number of carbonyl (C=O) groups excluding carboxylic acids is 1. The number of hydrogen-bond acceptors (Lipinski definition) is 5. The van der Waals surface area contributed by atoms with Crippen LogP contribution in [0.25, 0.3) is 0 Å². The van der Waals surface area contributed by atoms with Crippen molar-refractivity contribution in [3.63, 3.8) is 0 Å². The van der Waals surface area contributed by atoms with Gasteiger partial charge >= 0.3 is 0 Å². The molecule has 0 bridgehead atoms. The van der Waals surface area contributed by atoms with Crippen LogP contribution < -0.4 is 18.9 Å². The molecule has 2 heterocycles. The third-order valence-electron chi connectivity index (χ3n) is 5.66. The molecule has 0 fully saturated rings. The van der Waals surface area contributed by atoms with Gasteiger partial charge in [-0.25, -0.2) is 0 Å². The first-order valence-corrected chi connectivity index (χ1v) is 9.98. The molecule has 2 aliphatic rings. The number of nitrogens with zero attached hydrogens (tertiary/aromatic N) is 1. The van der Waals surface area contributed by atoms with Crippen LogP contribution in [0.15, 0.2) is 24.3 Å². The maximum Gasteiger partial charge on any atom is 0.222 e. The molecule has 0 spiro atoms. The van der Waals surface area contributed by atoms with E-state index in [0.717, 1.165) is 35.5 Å². The molecule has 0 atom stereocenters. The number of rotatable bonds is 7. The lowest BCUT2D eigenvalue weighted by Crippen LogP contribution is -2.27. The van der Waals surface area contributed by atoms with E-state index in [2.05, 4.69) is 6.07 Å². The molecular formula is C23H27NO5. The summed E-state index contributed by atoms with van der Waals surface area (Å²) in [5, 5.41) is 0. The van der Waals surface area contributed by atoms with Crippen LogP contribution in [0.4, 0.5) is 0 Å². The number of ether oxygens (including phenoxy) is 4. The van der Waals surface area contributed by atoms with E-state index in [1.165, 1.54) is 11.1 Å². The van der Waals surface area contributed by atoms with Crippen molar-refractivity contribution in [3.8, 4) is 23.0 Å². The van der Waals surface area contributed by atoms with Gasteiger partial charge in [0.15, 0.2) is 11.5 Å². The highest BCUT2D eigenvalue weighted by molar-refractivity contribution is 5.76. The van der Waals surface area contributed by atoms with Gasteiger partial charge in [-0.05, 0) is 30.2 Å². The zero-order valence-corrected chi connectivity index (χ0v) is 17.2. The van der Waals surface area contributed by atoms with Crippen molar-refractivity contribution >= 4 is 5.91 Å². The number of benzene rings is 2. The van der Waals surface area contributed by atoms with Crippen molar-refractivity contribution in [2.75, 3.05) is 34.5 Å². The summed E-state index contributed by atoms with van der Waals surface area (Å²) in [7, 11) is 5.08. The maximum absolute atomic E-state index is 12.8. The topological polar surface area (TPSA) is 57.2 Å². The fourth-order valence-electron chi connectivity index (χ4n) is 4.06. The van der Waals surface area contributed by atoms with Crippen LogP contribution in [0.2, 0.25) is 0 Å². The molecule has 2 aromatic rings. The lowest BCUT2D eigenvalue weighted by atomic mass is 9.99.